The number of hydrogen-bond donors (Lipinski definition) is 0. The molecule has 0 aromatic heterocycles. The summed E-state index contributed by atoms with van der Waals surface area (Å²) < 4.78 is 32.9. The van der Waals surface area contributed by atoms with Gasteiger partial charge < -0.3 is 27.1 Å². The fourth-order valence-electron chi connectivity index (χ4n) is 2.12. The highest BCUT2D eigenvalue weighted by Crippen LogP contribution is 2.52. The van der Waals surface area contributed by atoms with E-state index in [2.05, 4.69) is 178 Å². The number of hydrogen-bond acceptors (Lipinski definition) is 6. The molecule has 0 radical (unpaired) electrons. The molecule has 0 aromatic rings. The van der Waals surface area contributed by atoms with Crippen LogP contribution in [0.25, 0.3) is 0 Å². The van der Waals surface area contributed by atoms with Gasteiger partial charge in [0.15, 0.2) is 0 Å². The lowest BCUT2D eigenvalue weighted by Gasteiger charge is -2.40. The largest absolute Gasteiger partial charge is 0.406 e. The van der Waals surface area contributed by atoms with Crippen molar-refractivity contribution in [2.75, 3.05) is 26.4 Å². The average molecular weight is 612 g/mol. The second-order valence-electron chi connectivity index (χ2n) is 6.97. The number of rotatable bonds is 2. The van der Waals surface area contributed by atoms with E-state index in [0.717, 1.165) is 0 Å². The summed E-state index contributed by atoms with van der Waals surface area (Å²) >= 11 is 0. The van der Waals surface area contributed by atoms with Gasteiger partial charge in [-0.05, 0) is 82.9 Å². The SMILES string of the molecule is C#CC#CC#CC#CC#CC#CC#CC#COP1OCC2(CO1)COP(OC#CC#CC#CC#CC#CC#CC#CC#C)OC2. The fourth-order valence-corrected chi connectivity index (χ4v) is 4.24. The summed E-state index contributed by atoms with van der Waals surface area (Å²) in [5.74, 6) is 68.4. The molecule has 2 saturated heterocycles. The molecule has 0 amide bonds. The summed E-state index contributed by atoms with van der Waals surface area (Å²) in [4.78, 5) is 0. The Morgan fingerprint density at radius 3 is 0.822 bits per heavy atom. The van der Waals surface area contributed by atoms with E-state index >= 15 is 0 Å². The molecular weight excluding hydrogens is 602 g/mol. The summed E-state index contributed by atoms with van der Waals surface area (Å²) in [6, 6.07) is 0. The van der Waals surface area contributed by atoms with Crippen LogP contribution in [0, 0.1) is 196 Å². The topological polar surface area (TPSA) is 55.4 Å². The Balaban J connectivity index is 1.65. The van der Waals surface area contributed by atoms with Gasteiger partial charge >= 0.3 is 17.2 Å². The molecule has 0 atom stereocenters. The van der Waals surface area contributed by atoms with Gasteiger partial charge in [-0.3, -0.25) is 0 Å². The van der Waals surface area contributed by atoms with E-state index in [1.54, 1.807) is 0 Å². The van der Waals surface area contributed by atoms with Crippen LogP contribution in [0.15, 0.2) is 0 Å². The van der Waals surface area contributed by atoms with Crippen LogP contribution in [0.2, 0.25) is 0 Å². The minimum absolute atomic E-state index is 0.283. The van der Waals surface area contributed by atoms with E-state index in [4.69, 9.17) is 40.0 Å². The minimum atomic E-state index is -1.66. The molecule has 2 aliphatic rings. The molecule has 1 spiro atoms. The summed E-state index contributed by atoms with van der Waals surface area (Å²) in [5.41, 5.74) is -0.502. The van der Waals surface area contributed by atoms with Crippen LogP contribution in [0.3, 0.4) is 0 Å². The van der Waals surface area contributed by atoms with Crippen molar-refractivity contribution in [2.45, 2.75) is 0 Å². The molecule has 2 heterocycles. The third kappa shape index (κ3) is 17.6. The maximum atomic E-state index is 5.62. The first-order chi connectivity index (χ1) is 22.3. The van der Waals surface area contributed by atoms with Gasteiger partial charge in [-0.15, -0.1) is 12.8 Å². The molecule has 2 rings (SSSR count). The van der Waals surface area contributed by atoms with Crippen molar-refractivity contribution in [3.63, 3.8) is 0 Å². The highest BCUT2D eigenvalue weighted by Gasteiger charge is 2.44. The normalized spacial score (nSPS) is 16.4. The number of terminal acetylenes is 2. The van der Waals surface area contributed by atoms with E-state index in [1.807, 2.05) is 0 Å². The van der Waals surface area contributed by atoms with Crippen molar-refractivity contribution >= 4 is 17.2 Å². The van der Waals surface area contributed by atoms with Crippen LogP contribution >= 0.6 is 17.2 Å². The maximum Gasteiger partial charge on any atom is 0.406 e. The van der Waals surface area contributed by atoms with Crippen molar-refractivity contribution < 1.29 is 27.1 Å². The quantitative estimate of drug-likeness (QED) is 0.351. The molecule has 6 nitrogen and oxygen atoms in total. The predicted molar refractivity (Wildman–Crippen MR) is 169 cm³/mol. The Kier molecular flexibility index (Phi) is 18.3. The summed E-state index contributed by atoms with van der Waals surface area (Å²) in [5, 5.41) is 0. The van der Waals surface area contributed by atoms with Gasteiger partial charge in [-0.1, -0.05) is 0 Å². The zero-order valence-corrected chi connectivity index (χ0v) is 24.6. The molecule has 0 saturated carbocycles. The molecule has 204 valence electrons. The average Bonchev–Trinajstić information content (AvgIpc) is 3.06. The van der Waals surface area contributed by atoms with Crippen LogP contribution in [0.5, 0.6) is 0 Å². The standard InChI is InChI=1S/C37H10O6P2/c1-3-5-7-9-11-13-15-17-19-21-23-25-27-29-31-38-44-40-33-37(34-41-44)35-42-45(43-36-37)39-32-30-28-26-24-22-20-18-16-14-12-10-8-6-4-2/h1-2H,33-36H2. The van der Waals surface area contributed by atoms with Gasteiger partial charge in [-0.25, -0.2) is 0 Å². The van der Waals surface area contributed by atoms with Crippen LogP contribution in [0.4, 0.5) is 0 Å². The Morgan fingerprint density at radius 2 is 0.578 bits per heavy atom. The lowest BCUT2D eigenvalue weighted by Crippen LogP contribution is -2.44. The lowest BCUT2D eigenvalue weighted by atomic mass is 9.93. The molecule has 0 bridgehead atoms. The highest BCUT2D eigenvalue weighted by molar-refractivity contribution is 7.42. The van der Waals surface area contributed by atoms with Crippen molar-refractivity contribution in [1.29, 1.82) is 0 Å². The second kappa shape index (κ2) is 23.9. The van der Waals surface area contributed by atoms with Crippen molar-refractivity contribution in [1.82, 2.24) is 0 Å². The van der Waals surface area contributed by atoms with Crippen LogP contribution in [-0.2, 0) is 27.1 Å². The first kappa shape index (κ1) is 34.5. The molecular formula is C37H10O6P2. The van der Waals surface area contributed by atoms with E-state index in [1.165, 1.54) is 0 Å². The minimum Gasteiger partial charge on any atom is -0.372 e. The summed E-state index contributed by atoms with van der Waals surface area (Å²) in [7, 11) is -3.32. The molecule has 2 fully saturated rings. The Hall–Kier alpha value is -6.74. The second-order valence-corrected chi connectivity index (χ2v) is 9.26. The Labute approximate surface area is 266 Å². The maximum absolute atomic E-state index is 5.62. The first-order valence-corrected chi connectivity index (χ1v) is 13.8. The van der Waals surface area contributed by atoms with E-state index in [9.17, 15) is 0 Å². The molecule has 0 aromatic carbocycles. The van der Waals surface area contributed by atoms with Crippen LogP contribution in [0.1, 0.15) is 0 Å². The van der Waals surface area contributed by atoms with Crippen molar-refractivity contribution in [3.8, 4) is 191 Å². The van der Waals surface area contributed by atoms with Gasteiger partial charge in [0.1, 0.15) is 12.2 Å². The zero-order valence-electron chi connectivity index (χ0n) is 22.8. The first-order valence-electron chi connectivity index (χ1n) is 11.6. The van der Waals surface area contributed by atoms with E-state index in [0.29, 0.717) is 0 Å². The van der Waals surface area contributed by atoms with Gasteiger partial charge in [-0.2, -0.15) is 0 Å². The van der Waals surface area contributed by atoms with Crippen LogP contribution in [-0.4, -0.2) is 26.4 Å². The van der Waals surface area contributed by atoms with Gasteiger partial charge in [0.2, 0.25) is 0 Å². The summed E-state index contributed by atoms with van der Waals surface area (Å²) in [6.07, 6.45) is 14.7. The van der Waals surface area contributed by atoms with Gasteiger partial charge in [0, 0.05) is 82.9 Å². The molecule has 45 heavy (non-hydrogen) atoms. The van der Waals surface area contributed by atoms with Crippen LogP contribution < -0.4 is 0 Å². The summed E-state index contributed by atoms with van der Waals surface area (Å²) in [6.45, 7) is 1.13. The highest BCUT2D eigenvalue weighted by atomic mass is 31.2. The molecule has 0 N–H and O–H groups in total. The molecule has 0 aliphatic carbocycles. The monoisotopic (exact) mass is 612 g/mol. The van der Waals surface area contributed by atoms with Crippen molar-refractivity contribution in [2.24, 2.45) is 5.41 Å². The molecule has 8 heteroatoms. The Bertz CT molecular complexity index is 1980. The third-order valence-corrected chi connectivity index (χ3v) is 5.73. The van der Waals surface area contributed by atoms with Gasteiger partial charge in [0.05, 0.1) is 31.8 Å². The molecule has 0 unspecified atom stereocenters. The predicted octanol–water partition coefficient (Wildman–Crippen LogP) is 1.78. The van der Waals surface area contributed by atoms with Crippen molar-refractivity contribution in [3.05, 3.63) is 0 Å². The smallest absolute Gasteiger partial charge is 0.372 e. The zero-order chi connectivity index (χ0) is 31.9. The van der Waals surface area contributed by atoms with E-state index < -0.39 is 22.6 Å². The lowest BCUT2D eigenvalue weighted by molar-refractivity contribution is -0.0693. The molecule has 2 aliphatic heterocycles. The fraction of sp³-hybridized carbons (Fsp3) is 0.135. The third-order valence-electron chi connectivity index (χ3n) is 3.89. The van der Waals surface area contributed by atoms with Gasteiger partial charge in [0.25, 0.3) is 0 Å². The van der Waals surface area contributed by atoms with E-state index in [-0.39, 0.29) is 26.4 Å². The Morgan fingerprint density at radius 1 is 0.356 bits per heavy atom.